The van der Waals surface area contributed by atoms with Crippen molar-refractivity contribution in [1.82, 2.24) is 4.67 Å². The molecule has 0 amide bonds. The van der Waals surface area contributed by atoms with Gasteiger partial charge in [0.2, 0.25) is 0 Å². The largest absolute Gasteiger partial charge is 0.274 e. The Bertz CT molecular complexity index is 441. The van der Waals surface area contributed by atoms with Gasteiger partial charge in [-0.1, -0.05) is 77.0 Å². The molecule has 1 unspecified atom stereocenters. The third-order valence-corrected chi connectivity index (χ3v) is 4.47. The minimum Gasteiger partial charge on any atom is -0.274 e. The predicted molar refractivity (Wildman–Crippen MR) is 81.4 cm³/mol. The zero-order valence-corrected chi connectivity index (χ0v) is 12.2. The Morgan fingerprint density at radius 1 is 0.889 bits per heavy atom. The number of nitrogens with zero attached hydrogens (tertiary/aromatic N) is 1. The van der Waals surface area contributed by atoms with Crippen LogP contribution in [0.2, 0.25) is 0 Å². The highest BCUT2D eigenvalue weighted by molar-refractivity contribution is 7.13. The smallest absolute Gasteiger partial charge is 0.0715 e. The summed E-state index contributed by atoms with van der Waals surface area (Å²) in [6.07, 6.45) is 0. The highest BCUT2D eigenvalue weighted by Gasteiger charge is 2.32. The van der Waals surface area contributed by atoms with Gasteiger partial charge in [-0.25, -0.2) is 0 Å². The van der Waals surface area contributed by atoms with Crippen molar-refractivity contribution >= 4 is 9.39 Å². The molecule has 0 saturated heterocycles. The van der Waals surface area contributed by atoms with Crippen LogP contribution in [0.15, 0.2) is 60.7 Å². The molecule has 0 aromatic heterocycles. The normalized spacial score (nSPS) is 11.8. The SMILES string of the molecule is CCN(P)C(C)(c1ccccc1)c1ccccc1. The topological polar surface area (TPSA) is 3.24 Å². The van der Waals surface area contributed by atoms with Crippen molar-refractivity contribution in [3.63, 3.8) is 0 Å². The average Bonchev–Trinajstić information content (AvgIpc) is 2.47. The van der Waals surface area contributed by atoms with E-state index < -0.39 is 0 Å². The van der Waals surface area contributed by atoms with Crippen molar-refractivity contribution in [1.29, 1.82) is 0 Å². The van der Waals surface area contributed by atoms with Crippen LogP contribution in [-0.2, 0) is 5.54 Å². The highest BCUT2D eigenvalue weighted by Crippen LogP contribution is 2.37. The quantitative estimate of drug-likeness (QED) is 0.746. The second kappa shape index (κ2) is 5.65. The van der Waals surface area contributed by atoms with E-state index in [0.29, 0.717) is 0 Å². The van der Waals surface area contributed by atoms with Crippen molar-refractivity contribution in [2.75, 3.05) is 6.54 Å². The molecule has 0 saturated carbocycles. The standard InChI is InChI=1S/C16H20NP/c1-3-17(18)16(2,14-10-6-4-7-11-14)15-12-8-5-9-13-15/h4-13H,3,18H2,1-2H3. The van der Waals surface area contributed by atoms with Crippen molar-refractivity contribution in [2.24, 2.45) is 0 Å². The minimum absolute atomic E-state index is 0.109. The fraction of sp³-hybridized carbons (Fsp3) is 0.250. The van der Waals surface area contributed by atoms with Gasteiger partial charge in [0, 0.05) is 6.54 Å². The molecule has 0 radical (unpaired) electrons. The van der Waals surface area contributed by atoms with Gasteiger partial charge in [-0.05, 0) is 18.1 Å². The van der Waals surface area contributed by atoms with Gasteiger partial charge < -0.3 is 0 Å². The molecule has 2 heteroatoms. The molecular formula is C16H20NP. The molecule has 0 bridgehead atoms. The predicted octanol–water partition coefficient (Wildman–Crippen LogP) is 4.06. The van der Waals surface area contributed by atoms with E-state index >= 15 is 0 Å². The van der Waals surface area contributed by atoms with Crippen LogP contribution < -0.4 is 0 Å². The maximum atomic E-state index is 2.86. The minimum atomic E-state index is -0.109. The summed E-state index contributed by atoms with van der Waals surface area (Å²) in [5.41, 5.74) is 2.52. The van der Waals surface area contributed by atoms with Crippen molar-refractivity contribution in [2.45, 2.75) is 19.4 Å². The number of rotatable bonds is 4. The zero-order chi connectivity index (χ0) is 13.0. The Hall–Kier alpha value is -1.17. The highest BCUT2D eigenvalue weighted by atomic mass is 31.0. The summed E-state index contributed by atoms with van der Waals surface area (Å²) < 4.78 is 2.30. The van der Waals surface area contributed by atoms with E-state index in [4.69, 9.17) is 0 Å². The maximum Gasteiger partial charge on any atom is 0.0715 e. The first-order valence-corrected chi connectivity index (χ1v) is 6.84. The lowest BCUT2D eigenvalue weighted by Gasteiger charge is -2.39. The molecule has 1 atom stereocenters. The maximum absolute atomic E-state index is 2.86. The third kappa shape index (κ3) is 2.34. The summed E-state index contributed by atoms with van der Waals surface area (Å²) in [5, 5.41) is 0. The van der Waals surface area contributed by atoms with E-state index in [1.807, 2.05) is 0 Å². The molecule has 1 nitrogen and oxygen atoms in total. The van der Waals surface area contributed by atoms with E-state index in [2.05, 4.69) is 88.6 Å². The molecule has 94 valence electrons. The number of hydrogen-bond acceptors (Lipinski definition) is 1. The summed E-state index contributed by atoms with van der Waals surface area (Å²) >= 11 is 0. The van der Waals surface area contributed by atoms with Gasteiger partial charge in [0.05, 0.1) is 5.54 Å². The van der Waals surface area contributed by atoms with Crippen LogP contribution >= 0.6 is 9.39 Å². The Morgan fingerprint density at radius 3 is 1.61 bits per heavy atom. The van der Waals surface area contributed by atoms with E-state index in [1.54, 1.807) is 0 Å². The molecule has 2 aromatic carbocycles. The van der Waals surface area contributed by atoms with Gasteiger partial charge in [-0.15, -0.1) is 0 Å². The van der Waals surface area contributed by atoms with E-state index in [-0.39, 0.29) is 5.54 Å². The lowest BCUT2D eigenvalue weighted by Crippen LogP contribution is -2.38. The van der Waals surface area contributed by atoms with Crippen LogP contribution in [0.25, 0.3) is 0 Å². The summed E-state index contributed by atoms with van der Waals surface area (Å²) in [7, 11) is 2.86. The molecule has 0 fully saturated rings. The van der Waals surface area contributed by atoms with Crippen molar-refractivity contribution in [3.05, 3.63) is 71.8 Å². The second-order valence-corrected chi connectivity index (χ2v) is 5.21. The summed E-state index contributed by atoms with van der Waals surface area (Å²) in [6, 6.07) is 21.3. The molecule has 0 aliphatic rings. The van der Waals surface area contributed by atoms with E-state index in [0.717, 1.165) is 6.54 Å². The fourth-order valence-corrected chi connectivity index (χ4v) is 2.64. The summed E-state index contributed by atoms with van der Waals surface area (Å²) in [4.78, 5) is 0. The first kappa shape index (κ1) is 13.3. The summed E-state index contributed by atoms with van der Waals surface area (Å²) in [5.74, 6) is 0. The Kier molecular flexibility index (Phi) is 4.16. The van der Waals surface area contributed by atoms with Crippen LogP contribution in [0.5, 0.6) is 0 Å². The van der Waals surface area contributed by atoms with Gasteiger partial charge in [0.25, 0.3) is 0 Å². The molecule has 0 heterocycles. The monoisotopic (exact) mass is 257 g/mol. The fourth-order valence-electron chi connectivity index (χ4n) is 2.34. The molecule has 18 heavy (non-hydrogen) atoms. The van der Waals surface area contributed by atoms with Crippen LogP contribution in [0.1, 0.15) is 25.0 Å². The average molecular weight is 257 g/mol. The molecular weight excluding hydrogens is 237 g/mol. The Balaban J connectivity index is 2.55. The van der Waals surface area contributed by atoms with E-state index in [1.165, 1.54) is 11.1 Å². The van der Waals surface area contributed by atoms with Gasteiger partial charge in [0.15, 0.2) is 0 Å². The number of benzene rings is 2. The van der Waals surface area contributed by atoms with Gasteiger partial charge in [-0.3, -0.25) is 4.67 Å². The van der Waals surface area contributed by atoms with Crippen LogP contribution in [-0.4, -0.2) is 11.2 Å². The van der Waals surface area contributed by atoms with Crippen LogP contribution in [0.4, 0.5) is 0 Å². The Morgan fingerprint density at radius 2 is 1.28 bits per heavy atom. The molecule has 0 aliphatic carbocycles. The molecule has 0 aliphatic heterocycles. The lowest BCUT2D eigenvalue weighted by atomic mass is 9.84. The first-order valence-electron chi connectivity index (χ1n) is 6.33. The molecule has 0 N–H and O–H groups in total. The van der Waals surface area contributed by atoms with Crippen molar-refractivity contribution < 1.29 is 0 Å². The third-order valence-electron chi connectivity index (χ3n) is 3.59. The molecule has 2 aromatic rings. The zero-order valence-electron chi connectivity index (χ0n) is 11.0. The van der Waals surface area contributed by atoms with Crippen LogP contribution in [0, 0.1) is 0 Å². The first-order chi connectivity index (χ1) is 8.69. The summed E-state index contributed by atoms with van der Waals surface area (Å²) in [6.45, 7) is 5.43. The second-order valence-electron chi connectivity index (χ2n) is 4.59. The molecule has 0 spiro atoms. The van der Waals surface area contributed by atoms with E-state index in [9.17, 15) is 0 Å². The van der Waals surface area contributed by atoms with Gasteiger partial charge >= 0.3 is 0 Å². The van der Waals surface area contributed by atoms with Crippen molar-refractivity contribution in [3.8, 4) is 0 Å². The molecule has 2 rings (SSSR count). The van der Waals surface area contributed by atoms with Crippen LogP contribution in [0.3, 0.4) is 0 Å². The Labute approximate surface area is 112 Å². The van der Waals surface area contributed by atoms with Gasteiger partial charge in [-0.2, -0.15) is 0 Å². The van der Waals surface area contributed by atoms with Gasteiger partial charge in [0.1, 0.15) is 0 Å². The number of hydrogen-bond donors (Lipinski definition) is 0. The lowest BCUT2D eigenvalue weighted by molar-refractivity contribution is 0.290.